The van der Waals surface area contributed by atoms with E-state index in [1.807, 2.05) is 18.2 Å². The van der Waals surface area contributed by atoms with E-state index in [-0.39, 0.29) is 0 Å². The second-order valence-electron chi connectivity index (χ2n) is 3.66. The molecule has 3 heteroatoms. The van der Waals surface area contributed by atoms with Gasteiger partial charge < -0.3 is 4.42 Å². The molecule has 1 aliphatic carbocycles. The van der Waals surface area contributed by atoms with E-state index >= 15 is 0 Å². The summed E-state index contributed by atoms with van der Waals surface area (Å²) >= 11 is 7.10. The van der Waals surface area contributed by atoms with Crippen LogP contribution >= 0.6 is 31.9 Å². The normalized spacial score (nSPS) is 19.5. The first-order valence-corrected chi connectivity index (χ1v) is 6.48. The molecule has 0 saturated carbocycles. The van der Waals surface area contributed by atoms with E-state index in [1.54, 1.807) is 0 Å². The smallest absolute Gasteiger partial charge is 0.135 e. The standard InChI is InChI=1S/C12H8Br2O/c13-7-1-3-11-9(5-7)10-6-8(14)2-4-12(10)15-11/h1-5,8H,6H2. The van der Waals surface area contributed by atoms with Gasteiger partial charge in [0.15, 0.2) is 0 Å². The van der Waals surface area contributed by atoms with Gasteiger partial charge in [-0.2, -0.15) is 0 Å². The zero-order valence-corrected chi connectivity index (χ0v) is 11.0. The van der Waals surface area contributed by atoms with Gasteiger partial charge in [0, 0.05) is 20.2 Å². The predicted octanol–water partition coefficient (Wildman–Crippen LogP) is 4.53. The van der Waals surface area contributed by atoms with Crippen LogP contribution in [0.2, 0.25) is 0 Å². The Morgan fingerprint density at radius 3 is 3.07 bits per heavy atom. The Bertz CT molecular complexity index is 554. The van der Waals surface area contributed by atoms with Crippen molar-refractivity contribution in [2.24, 2.45) is 0 Å². The highest BCUT2D eigenvalue weighted by Crippen LogP contribution is 2.34. The minimum absolute atomic E-state index is 0.421. The third kappa shape index (κ3) is 1.58. The van der Waals surface area contributed by atoms with Gasteiger partial charge in [-0.15, -0.1) is 0 Å². The maximum absolute atomic E-state index is 5.77. The second-order valence-corrected chi connectivity index (χ2v) is 5.76. The lowest BCUT2D eigenvalue weighted by Gasteiger charge is -2.08. The highest BCUT2D eigenvalue weighted by atomic mass is 79.9. The Morgan fingerprint density at radius 2 is 2.20 bits per heavy atom. The van der Waals surface area contributed by atoms with Gasteiger partial charge in [-0.1, -0.05) is 37.9 Å². The first-order chi connectivity index (χ1) is 7.24. The molecule has 0 saturated heterocycles. The summed E-state index contributed by atoms with van der Waals surface area (Å²) in [5.41, 5.74) is 2.27. The third-order valence-electron chi connectivity index (χ3n) is 2.64. The lowest BCUT2D eigenvalue weighted by Crippen LogP contribution is -2.03. The Morgan fingerprint density at radius 1 is 1.33 bits per heavy atom. The van der Waals surface area contributed by atoms with Crippen LogP contribution in [0, 0.1) is 0 Å². The number of furan rings is 1. The van der Waals surface area contributed by atoms with Crippen LogP contribution in [-0.4, -0.2) is 4.83 Å². The van der Waals surface area contributed by atoms with Gasteiger partial charge >= 0.3 is 0 Å². The fourth-order valence-corrected chi connectivity index (χ4v) is 2.78. The molecule has 1 unspecified atom stereocenters. The molecule has 2 aromatic rings. The number of fused-ring (bicyclic) bond motifs is 3. The number of halogens is 2. The number of hydrogen-bond donors (Lipinski definition) is 0. The number of benzene rings is 1. The van der Waals surface area contributed by atoms with Crippen LogP contribution in [-0.2, 0) is 6.42 Å². The number of alkyl halides is 1. The molecule has 1 aromatic heterocycles. The molecule has 76 valence electrons. The molecule has 15 heavy (non-hydrogen) atoms. The molecule has 1 atom stereocenters. The summed E-state index contributed by atoms with van der Waals surface area (Å²) in [6.45, 7) is 0. The van der Waals surface area contributed by atoms with Crippen LogP contribution in [0.1, 0.15) is 11.3 Å². The first kappa shape index (κ1) is 9.67. The summed E-state index contributed by atoms with van der Waals surface area (Å²) in [5, 5.41) is 1.22. The Balaban J connectivity index is 2.31. The van der Waals surface area contributed by atoms with Crippen molar-refractivity contribution in [2.75, 3.05) is 0 Å². The monoisotopic (exact) mass is 326 g/mol. The second kappa shape index (κ2) is 3.49. The van der Waals surface area contributed by atoms with Crippen LogP contribution < -0.4 is 0 Å². The summed E-state index contributed by atoms with van der Waals surface area (Å²) < 4.78 is 6.86. The maximum Gasteiger partial charge on any atom is 0.135 e. The van der Waals surface area contributed by atoms with E-state index in [0.717, 1.165) is 22.2 Å². The third-order valence-corrected chi connectivity index (χ3v) is 3.76. The summed E-state index contributed by atoms with van der Waals surface area (Å²) in [6, 6.07) is 6.14. The quantitative estimate of drug-likeness (QED) is 0.648. The molecule has 0 spiro atoms. The summed E-state index contributed by atoms with van der Waals surface area (Å²) in [7, 11) is 0. The van der Waals surface area contributed by atoms with Crippen LogP contribution in [0.3, 0.4) is 0 Å². The number of hydrogen-bond acceptors (Lipinski definition) is 1. The Kier molecular flexibility index (Phi) is 2.25. The van der Waals surface area contributed by atoms with Crippen LogP contribution in [0.4, 0.5) is 0 Å². The molecular weight excluding hydrogens is 320 g/mol. The fraction of sp³-hybridized carbons (Fsp3) is 0.167. The van der Waals surface area contributed by atoms with Gasteiger partial charge in [-0.3, -0.25) is 0 Å². The Labute approximate surface area is 104 Å². The minimum Gasteiger partial charge on any atom is -0.456 e. The van der Waals surface area contributed by atoms with Crippen molar-refractivity contribution in [2.45, 2.75) is 11.2 Å². The van der Waals surface area contributed by atoms with Crippen molar-refractivity contribution in [3.8, 4) is 0 Å². The molecule has 0 radical (unpaired) electrons. The number of rotatable bonds is 0. The molecule has 1 nitrogen and oxygen atoms in total. The van der Waals surface area contributed by atoms with Crippen molar-refractivity contribution in [3.63, 3.8) is 0 Å². The van der Waals surface area contributed by atoms with Crippen molar-refractivity contribution < 1.29 is 4.42 Å². The minimum atomic E-state index is 0.421. The predicted molar refractivity (Wildman–Crippen MR) is 69.4 cm³/mol. The topological polar surface area (TPSA) is 13.1 Å². The summed E-state index contributed by atoms with van der Waals surface area (Å²) in [6.07, 6.45) is 5.17. The van der Waals surface area contributed by atoms with Crippen molar-refractivity contribution in [3.05, 3.63) is 40.1 Å². The van der Waals surface area contributed by atoms with E-state index in [9.17, 15) is 0 Å². The van der Waals surface area contributed by atoms with Crippen molar-refractivity contribution in [1.29, 1.82) is 0 Å². The fourth-order valence-electron chi connectivity index (χ4n) is 1.94. The molecule has 1 aliphatic rings. The molecule has 0 aliphatic heterocycles. The lowest BCUT2D eigenvalue weighted by molar-refractivity contribution is 0.596. The zero-order valence-electron chi connectivity index (χ0n) is 7.84. The molecule has 0 fully saturated rings. The zero-order chi connectivity index (χ0) is 10.4. The van der Waals surface area contributed by atoms with Gasteiger partial charge in [0.2, 0.25) is 0 Å². The van der Waals surface area contributed by atoms with Gasteiger partial charge in [-0.05, 0) is 30.7 Å². The summed E-state index contributed by atoms with van der Waals surface area (Å²) in [5.74, 6) is 0.999. The summed E-state index contributed by atoms with van der Waals surface area (Å²) in [4.78, 5) is 0.421. The van der Waals surface area contributed by atoms with Gasteiger partial charge in [-0.25, -0.2) is 0 Å². The van der Waals surface area contributed by atoms with E-state index < -0.39 is 0 Å². The van der Waals surface area contributed by atoms with Gasteiger partial charge in [0.1, 0.15) is 11.3 Å². The molecule has 1 heterocycles. The molecule has 1 aromatic carbocycles. The van der Waals surface area contributed by atoms with E-state index in [2.05, 4.69) is 44.0 Å². The van der Waals surface area contributed by atoms with Crippen LogP contribution in [0.15, 0.2) is 33.2 Å². The maximum atomic E-state index is 5.77. The van der Waals surface area contributed by atoms with Crippen molar-refractivity contribution in [1.82, 2.24) is 0 Å². The van der Waals surface area contributed by atoms with E-state index in [4.69, 9.17) is 4.42 Å². The lowest BCUT2D eigenvalue weighted by atomic mass is 10.0. The average molecular weight is 328 g/mol. The highest BCUT2D eigenvalue weighted by Gasteiger charge is 2.18. The molecule has 0 N–H and O–H groups in total. The van der Waals surface area contributed by atoms with Crippen LogP contribution in [0.25, 0.3) is 17.0 Å². The average Bonchev–Trinajstić information content (AvgIpc) is 2.56. The molecular formula is C12H8Br2O. The van der Waals surface area contributed by atoms with Gasteiger partial charge in [0.05, 0.1) is 0 Å². The van der Waals surface area contributed by atoms with E-state index in [1.165, 1.54) is 10.9 Å². The molecule has 0 amide bonds. The largest absolute Gasteiger partial charge is 0.456 e. The Hall–Kier alpha value is -0.540. The first-order valence-electron chi connectivity index (χ1n) is 4.77. The van der Waals surface area contributed by atoms with Crippen molar-refractivity contribution >= 4 is 48.9 Å². The number of allylic oxidation sites excluding steroid dienone is 1. The SMILES string of the molecule is Brc1ccc2oc3c(c2c1)CC(Br)C=C3. The molecule has 3 rings (SSSR count). The van der Waals surface area contributed by atoms with E-state index in [0.29, 0.717) is 4.83 Å². The van der Waals surface area contributed by atoms with Crippen LogP contribution in [0.5, 0.6) is 0 Å². The highest BCUT2D eigenvalue weighted by molar-refractivity contribution is 9.10. The van der Waals surface area contributed by atoms with Gasteiger partial charge in [0.25, 0.3) is 0 Å². The molecule has 0 bridgehead atoms.